The summed E-state index contributed by atoms with van der Waals surface area (Å²) >= 11 is 0. The van der Waals surface area contributed by atoms with Crippen LogP contribution in [0.1, 0.15) is 63.5 Å². The normalized spacial score (nSPS) is 11.1. The smallest absolute Gasteiger partial charge is 0.122 e. The molecule has 0 aromatic heterocycles. The fourth-order valence-electron chi connectivity index (χ4n) is 2.20. The van der Waals surface area contributed by atoms with Crippen LogP contribution in [0.15, 0.2) is 18.2 Å². The fourth-order valence-corrected chi connectivity index (χ4v) is 2.20. The first-order valence-corrected chi connectivity index (χ1v) is 8.09. The van der Waals surface area contributed by atoms with Gasteiger partial charge in [-0.2, -0.15) is 0 Å². The quantitative estimate of drug-likeness (QED) is 0.628. The van der Waals surface area contributed by atoms with Crippen molar-refractivity contribution in [2.45, 2.75) is 59.3 Å². The highest BCUT2D eigenvalue weighted by Gasteiger charge is 2.04. The number of ether oxygens (including phenoxy) is 1. The van der Waals surface area contributed by atoms with Crippen LogP contribution in [0.4, 0.5) is 0 Å². The Morgan fingerprint density at radius 3 is 2.55 bits per heavy atom. The third-order valence-corrected chi connectivity index (χ3v) is 3.63. The van der Waals surface area contributed by atoms with Gasteiger partial charge in [0.1, 0.15) is 5.75 Å². The third-order valence-electron chi connectivity index (χ3n) is 3.63. The number of nitrogens with one attached hydrogen (secondary N) is 1. The molecule has 0 bridgehead atoms. The van der Waals surface area contributed by atoms with E-state index in [2.05, 4.69) is 51.2 Å². The van der Waals surface area contributed by atoms with Gasteiger partial charge in [-0.15, -0.1) is 0 Å². The maximum Gasteiger partial charge on any atom is 0.122 e. The van der Waals surface area contributed by atoms with E-state index in [1.807, 2.05) is 0 Å². The summed E-state index contributed by atoms with van der Waals surface area (Å²) in [5.41, 5.74) is 2.60. The minimum absolute atomic E-state index is 0.559. The Morgan fingerprint density at radius 2 is 1.85 bits per heavy atom. The van der Waals surface area contributed by atoms with Gasteiger partial charge in [-0.3, -0.25) is 0 Å². The van der Waals surface area contributed by atoms with Crippen LogP contribution in [0.25, 0.3) is 0 Å². The van der Waals surface area contributed by atoms with Crippen LogP contribution in [0.3, 0.4) is 0 Å². The van der Waals surface area contributed by atoms with Crippen LogP contribution < -0.4 is 10.1 Å². The van der Waals surface area contributed by atoms with E-state index in [1.54, 1.807) is 0 Å². The van der Waals surface area contributed by atoms with Crippen molar-refractivity contribution in [1.82, 2.24) is 5.32 Å². The summed E-state index contributed by atoms with van der Waals surface area (Å²) in [6, 6.07) is 6.57. The minimum atomic E-state index is 0.559. The van der Waals surface area contributed by atoms with Crippen molar-refractivity contribution in [2.75, 3.05) is 19.7 Å². The molecule has 2 nitrogen and oxygen atoms in total. The van der Waals surface area contributed by atoms with Gasteiger partial charge in [0.15, 0.2) is 0 Å². The summed E-state index contributed by atoms with van der Waals surface area (Å²) in [5, 5.41) is 3.36. The summed E-state index contributed by atoms with van der Waals surface area (Å²) in [6.45, 7) is 11.8. The van der Waals surface area contributed by atoms with Crippen LogP contribution >= 0.6 is 0 Å². The van der Waals surface area contributed by atoms with Crippen molar-refractivity contribution in [3.8, 4) is 5.75 Å². The van der Waals surface area contributed by atoms with Crippen LogP contribution in [0.2, 0.25) is 0 Å². The van der Waals surface area contributed by atoms with Gasteiger partial charge in [0.2, 0.25) is 0 Å². The molecule has 0 spiro atoms. The van der Waals surface area contributed by atoms with Gasteiger partial charge in [-0.05, 0) is 56.0 Å². The SMILES string of the molecule is CCNCCCCCCOc1cc(C(C)C)ccc1C. The van der Waals surface area contributed by atoms with Crippen molar-refractivity contribution in [2.24, 2.45) is 0 Å². The predicted octanol–water partition coefficient (Wildman–Crippen LogP) is 4.67. The summed E-state index contributed by atoms with van der Waals surface area (Å²) < 4.78 is 5.94. The fraction of sp³-hybridized carbons (Fsp3) is 0.667. The van der Waals surface area contributed by atoms with Gasteiger partial charge in [0.25, 0.3) is 0 Å². The van der Waals surface area contributed by atoms with Gasteiger partial charge in [0, 0.05) is 0 Å². The van der Waals surface area contributed by atoms with Crippen molar-refractivity contribution in [3.05, 3.63) is 29.3 Å². The molecule has 114 valence electrons. The highest BCUT2D eigenvalue weighted by molar-refractivity contribution is 5.37. The molecule has 0 radical (unpaired) electrons. The first kappa shape index (κ1) is 17.0. The number of aryl methyl sites for hydroxylation is 1. The molecule has 0 amide bonds. The number of hydrogen-bond donors (Lipinski definition) is 1. The molecular weight excluding hydrogens is 246 g/mol. The summed E-state index contributed by atoms with van der Waals surface area (Å²) in [5.74, 6) is 1.62. The molecular formula is C18H31NO. The van der Waals surface area contributed by atoms with E-state index in [0.717, 1.165) is 31.9 Å². The maximum atomic E-state index is 5.94. The van der Waals surface area contributed by atoms with Gasteiger partial charge in [-0.1, -0.05) is 45.7 Å². The number of benzene rings is 1. The second kappa shape index (κ2) is 9.82. The van der Waals surface area contributed by atoms with E-state index < -0.39 is 0 Å². The van der Waals surface area contributed by atoms with Gasteiger partial charge >= 0.3 is 0 Å². The first-order valence-electron chi connectivity index (χ1n) is 8.09. The number of unbranched alkanes of at least 4 members (excludes halogenated alkanes) is 3. The largest absolute Gasteiger partial charge is 0.493 e. The van der Waals surface area contributed by atoms with Crippen molar-refractivity contribution < 1.29 is 4.74 Å². The molecule has 1 N–H and O–H groups in total. The molecule has 1 aromatic rings. The van der Waals surface area contributed by atoms with Gasteiger partial charge in [0.05, 0.1) is 6.61 Å². The monoisotopic (exact) mass is 277 g/mol. The first-order chi connectivity index (χ1) is 9.65. The average Bonchev–Trinajstić information content (AvgIpc) is 2.43. The molecule has 0 fully saturated rings. The summed E-state index contributed by atoms with van der Waals surface area (Å²) in [4.78, 5) is 0. The zero-order valence-corrected chi connectivity index (χ0v) is 13.7. The van der Waals surface area contributed by atoms with Crippen molar-refractivity contribution >= 4 is 0 Å². The molecule has 0 saturated heterocycles. The van der Waals surface area contributed by atoms with Crippen molar-refractivity contribution in [3.63, 3.8) is 0 Å². The molecule has 0 aliphatic carbocycles. The molecule has 0 heterocycles. The van der Waals surface area contributed by atoms with Crippen molar-refractivity contribution in [1.29, 1.82) is 0 Å². The zero-order valence-electron chi connectivity index (χ0n) is 13.7. The molecule has 1 rings (SSSR count). The molecule has 20 heavy (non-hydrogen) atoms. The Bertz CT molecular complexity index is 374. The standard InChI is InChI=1S/C18H31NO/c1-5-19-12-8-6-7-9-13-20-18-14-17(15(2)3)11-10-16(18)4/h10-11,14-15,19H,5-9,12-13H2,1-4H3. The topological polar surface area (TPSA) is 21.3 Å². The average molecular weight is 277 g/mol. The predicted molar refractivity (Wildman–Crippen MR) is 87.8 cm³/mol. The third kappa shape index (κ3) is 6.42. The van der Waals surface area contributed by atoms with Crippen LogP contribution in [-0.4, -0.2) is 19.7 Å². The van der Waals surface area contributed by atoms with E-state index in [-0.39, 0.29) is 0 Å². The molecule has 0 atom stereocenters. The second-order valence-corrected chi connectivity index (χ2v) is 5.80. The Balaban J connectivity index is 2.23. The molecule has 0 aliphatic heterocycles. The Morgan fingerprint density at radius 1 is 1.10 bits per heavy atom. The highest BCUT2D eigenvalue weighted by Crippen LogP contribution is 2.24. The summed E-state index contributed by atoms with van der Waals surface area (Å²) in [6.07, 6.45) is 4.98. The highest BCUT2D eigenvalue weighted by atomic mass is 16.5. The van der Waals surface area contributed by atoms with Crippen LogP contribution in [0, 0.1) is 6.92 Å². The lowest BCUT2D eigenvalue weighted by Crippen LogP contribution is -2.13. The van der Waals surface area contributed by atoms with E-state index in [0.29, 0.717) is 5.92 Å². The van der Waals surface area contributed by atoms with Crippen LogP contribution in [-0.2, 0) is 0 Å². The maximum absolute atomic E-state index is 5.94. The Kier molecular flexibility index (Phi) is 8.36. The lowest BCUT2D eigenvalue weighted by Gasteiger charge is -2.12. The lowest BCUT2D eigenvalue weighted by atomic mass is 10.0. The Hall–Kier alpha value is -1.02. The minimum Gasteiger partial charge on any atom is -0.493 e. The van der Waals surface area contributed by atoms with E-state index in [4.69, 9.17) is 4.74 Å². The molecule has 0 unspecified atom stereocenters. The second-order valence-electron chi connectivity index (χ2n) is 5.80. The zero-order chi connectivity index (χ0) is 14.8. The molecule has 0 saturated carbocycles. The van der Waals surface area contributed by atoms with E-state index in [1.165, 1.54) is 30.4 Å². The van der Waals surface area contributed by atoms with E-state index >= 15 is 0 Å². The molecule has 2 heteroatoms. The number of hydrogen-bond acceptors (Lipinski definition) is 2. The summed E-state index contributed by atoms with van der Waals surface area (Å²) in [7, 11) is 0. The molecule has 0 aliphatic rings. The van der Waals surface area contributed by atoms with Crippen LogP contribution in [0.5, 0.6) is 5.75 Å². The van der Waals surface area contributed by atoms with Gasteiger partial charge in [-0.25, -0.2) is 0 Å². The molecule has 1 aromatic carbocycles. The lowest BCUT2D eigenvalue weighted by molar-refractivity contribution is 0.302. The Labute approximate surface area is 124 Å². The van der Waals surface area contributed by atoms with Gasteiger partial charge < -0.3 is 10.1 Å². The number of rotatable bonds is 10. The van der Waals surface area contributed by atoms with E-state index in [9.17, 15) is 0 Å².